The fraction of sp³-hybridized carbons (Fsp3) is 0.562. The Balaban J connectivity index is 1.78. The maximum absolute atomic E-state index is 13.1. The molecule has 1 amide bonds. The normalized spacial score (nSPS) is 15.9. The van der Waals surface area contributed by atoms with Crippen molar-refractivity contribution in [3.05, 3.63) is 34.4 Å². The number of rotatable bonds is 6. The first-order valence-electron chi connectivity index (χ1n) is 8.36. The molecule has 2 aromatic heterocycles. The van der Waals surface area contributed by atoms with Crippen LogP contribution in [0.4, 0.5) is 13.2 Å². The third kappa shape index (κ3) is 3.72. The molecule has 2 heterocycles. The number of amides is 1. The zero-order valence-corrected chi connectivity index (χ0v) is 15.1. The molecule has 0 aromatic carbocycles. The van der Waals surface area contributed by atoms with E-state index >= 15 is 0 Å². The highest BCUT2D eigenvalue weighted by atomic mass is 35.5. The van der Waals surface area contributed by atoms with Crippen molar-refractivity contribution in [3.63, 3.8) is 0 Å². The van der Waals surface area contributed by atoms with Crippen molar-refractivity contribution in [2.75, 3.05) is 0 Å². The van der Waals surface area contributed by atoms with Crippen LogP contribution in [-0.4, -0.2) is 25.5 Å². The second-order valence-electron chi connectivity index (χ2n) is 6.36. The average molecular weight is 390 g/mol. The number of aromatic nitrogens is 4. The van der Waals surface area contributed by atoms with Crippen LogP contribution < -0.4 is 5.32 Å². The van der Waals surface area contributed by atoms with Gasteiger partial charge in [-0.2, -0.15) is 23.4 Å². The van der Waals surface area contributed by atoms with E-state index < -0.39 is 28.8 Å². The highest BCUT2D eigenvalue weighted by Crippen LogP contribution is 2.47. The van der Waals surface area contributed by atoms with Gasteiger partial charge in [-0.3, -0.25) is 14.2 Å². The van der Waals surface area contributed by atoms with E-state index in [0.29, 0.717) is 12.2 Å². The minimum atomic E-state index is -4.66. The van der Waals surface area contributed by atoms with E-state index in [0.717, 1.165) is 23.1 Å². The van der Waals surface area contributed by atoms with Crippen molar-refractivity contribution in [3.8, 4) is 0 Å². The van der Waals surface area contributed by atoms with Crippen molar-refractivity contribution in [1.29, 1.82) is 0 Å². The summed E-state index contributed by atoms with van der Waals surface area (Å²) >= 11 is 5.94. The Labute approximate surface area is 153 Å². The fourth-order valence-corrected chi connectivity index (χ4v) is 3.13. The number of carbonyl (C=O) groups excluding carboxylic acids is 1. The second-order valence-corrected chi connectivity index (χ2v) is 6.74. The molecule has 2 aromatic rings. The van der Waals surface area contributed by atoms with Gasteiger partial charge in [0, 0.05) is 30.8 Å². The number of halogens is 4. The van der Waals surface area contributed by atoms with E-state index in [1.165, 1.54) is 6.92 Å². The molecular weight excluding hydrogens is 371 g/mol. The number of aryl methyl sites for hydroxylation is 1. The first-order chi connectivity index (χ1) is 12.2. The van der Waals surface area contributed by atoms with E-state index in [1.54, 1.807) is 17.1 Å². The Morgan fingerprint density at radius 3 is 2.69 bits per heavy atom. The SMILES string of the molecule is CCn1cc(CNC(=O)C(C)n2nc(C(F)(F)F)c(Cl)c2C2CC2)cn1. The van der Waals surface area contributed by atoms with Gasteiger partial charge in [0.05, 0.1) is 16.9 Å². The van der Waals surface area contributed by atoms with E-state index in [4.69, 9.17) is 11.6 Å². The fourth-order valence-electron chi connectivity index (χ4n) is 2.75. The molecule has 0 radical (unpaired) electrons. The van der Waals surface area contributed by atoms with Crippen LogP contribution in [0.1, 0.15) is 55.6 Å². The molecule has 26 heavy (non-hydrogen) atoms. The van der Waals surface area contributed by atoms with E-state index in [9.17, 15) is 18.0 Å². The largest absolute Gasteiger partial charge is 0.436 e. The predicted octanol–water partition coefficient (Wildman–Crippen LogP) is 3.53. The van der Waals surface area contributed by atoms with Gasteiger partial charge in [0.25, 0.3) is 0 Å². The molecular formula is C16H19ClF3N5O. The standard InChI is InChI=1S/C16H19ClF3N5O/c1-3-24-8-10(7-22-24)6-21-15(26)9(2)25-13(11-4-5-11)12(17)14(23-25)16(18,19)20/h7-9,11H,3-6H2,1-2H3,(H,21,26). The number of hydrogen-bond donors (Lipinski definition) is 1. The Kier molecular flexibility index (Phi) is 5.01. The molecule has 3 rings (SSSR count). The van der Waals surface area contributed by atoms with Crippen molar-refractivity contribution >= 4 is 17.5 Å². The Hall–Kier alpha value is -2.03. The molecule has 0 saturated heterocycles. The molecule has 1 fully saturated rings. The third-order valence-corrected chi connectivity index (χ3v) is 4.72. The van der Waals surface area contributed by atoms with Crippen LogP contribution in [0.25, 0.3) is 0 Å². The van der Waals surface area contributed by atoms with Gasteiger partial charge in [-0.15, -0.1) is 0 Å². The monoisotopic (exact) mass is 389 g/mol. The van der Waals surface area contributed by atoms with Crippen LogP contribution in [0, 0.1) is 0 Å². The quantitative estimate of drug-likeness (QED) is 0.822. The van der Waals surface area contributed by atoms with Crippen LogP contribution in [0.3, 0.4) is 0 Å². The van der Waals surface area contributed by atoms with Crippen molar-refractivity contribution < 1.29 is 18.0 Å². The van der Waals surface area contributed by atoms with Crippen LogP contribution in [0.15, 0.2) is 12.4 Å². The third-order valence-electron chi connectivity index (χ3n) is 4.34. The van der Waals surface area contributed by atoms with Gasteiger partial charge >= 0.3 is 6.18 Å². The predicted molar refractivity (Wildman–Crippen MR) is 88.7 cm³/mol. The van der Waals surface area contributed by atoms with Crippen molar-refractivity contribution in [2.45, 2.75) is 57.9 Å². The lowest BCUT2D eigenvalue weighted by Crippen LogP contribution is -2.32. The average Bonchev–Trinajstić information content (AvgIpc) is 3.19. The van der Waals surface area contributed by atoms with Gasteiger partial charge < -0.3 is 5.32 Å². The highest BCUT2D eigenvalue weighted by molar-refractivity contribution is 6.32. The molecule has 0 aliphatic heterocycles. The van der Waals surface area contributed by atoms with Crippen molar-refractivity contribution in [1.82, 2.24) is 24.9 Å². The van der Waals surface area contributed by atoms with Crippen molar-refractivity contribution in [2.24, 2.45) is 0 Å². The molecule has 1 saturated carbocycles. The summed E-state index contributed by atoms with van der Waals surface area (Å²) in [6, 6.07) is -0.902. The zero-order chi connectivity index (χ0) is 19.1. The number of nitrogens with zero attached hydrogens (tertiary/aromatic N) is 4. The summed E-state index contributed by atoms with van der Waals surface area (Å²) in [5, 5.41) is 10.0. The molecule has 6 nitrogen and oxygen atoms in total. The summed E-state index contributed by atoms with van der Waals surface area (Å²) in [4.78, 5) is 12.4. The summed E-state index contributed by atoms with van der Waals surface area (Å²) in [7, 11) is 0. The molecule has 1 aliphatic rings. The molecule has 1 aliphatic carbocycles. The zero-order valence-electron chi connectivity index (χ0n) is 14.3. The maximum atomic E-state index is 13.1. The Morgan fingerprint density at radius 1 is 1.46 bits per heavy atom. The minimum Gasteiger partial charge on any atom is -0.350 e. The topological polar surface area (TPSA) is 64.7 Å². The summed E-state index contributed by atoms with van der Waals surface area (Å²) < 4.78 is 42.2. The van der Waals surface area contributed by atoms with Gasteiger partial charge in [0.15, 0.2) is 5.69 Å². The molecule has 1 atom stereocenters. The molecule has 0 bridgehead atoms. The minimum absolute atomic E-state index is 0.0795. The van der Waals surface area contributed by atoms with E-state index in [1.807, 2.05) is 6.92 Å². The molecule has 1 unspecified atom stereocenters. The number of nitrogens with one attached hydrogen (secondary N) is 1. The maximum Gasteiger partial charge on any atom is 0.436 e. The second kappa shape index (κ2) is 6.94. The first kappa shape index (κ1) is 18.8. The van der Waals surface area contributed by atoms with Crippen LogP contribution in [0.5, 0.6) is 0 Å². The summed E-state index contributed by atoms with van der Waals surface area (Å²) in [6.07, 6.45) is 0.265. The van der Waals surface area contributed by atoms with Gasteiger partial charge in [0.1, 0.15) is 6.04 Å². The Morgan fingerprint density at radius 2 is 2.15 bits per heavy atom. The molecule has 142 valence electrons. The summed E-state index contributed by atoms with van der Waals surface area (Å²) in [6.45, 7) is 4.40. The Bertz CT molecular complexity index is 809. The first-order valence-corrected chi connectivity index (χ1v) is 8.74. The molecule has 0 spiro atoms. The molecule has 1 N–H and O–H groups in total. The van der Waals surface area contributed by atoms with E-state index in [2.05, 4.69) is 15.5 Å². The van der Waals surface area contributed by atoms with Gasteiger partial charge in [0.2, 0.25) is 5.91 Å². The lowest BCUT2D eigenvalue weighted by atomic mass is 10.2. The number of carbonyl (C=O) groups is 1. The highest BCUT2D eigenvalue weighted by Gasteiger charge is 2.43. The van der Waals surface area contributed by atoms with Crippen LogP contribution in [-0.2, 0) is 24.1 Å². The number of alkyl halides is 3. The van der Waals surface area contributed by atoms with Gasteiger partial charge in [-0.25, -0.2) is 0 Å². The molecule has 10 heteroatoms. The smallest absolute Gasteiger partial charge is 0.350 e. The number of hydrogen-bond acceptors (Lipinski definition) is 3. The summed E-state index contributed by atoms with van der Waals surface area (Å²) in [5.41, 5.74) is -0.0327. The van der Waals surface area contributed by atoms with Crippen LogP contribution >= 0.6 is 11.6 Å². The van der Waals surface area contributed by atoms with E-state index in [-0.39, 0.29) is 12.5 Å². The van der Waals surface area contributed by atoms with Gasteiger partial charge in [-0.05, 0) is 26.7 Å². The van der Waals surface area contributed by atoms with Gasteiger partial charge in [-0.1, -0.05) is 11.6 Å². The lowest BCUT2D eigenvalue weighted by molar-refractivity contribution is -0.141. The van der Waals surface area contributed by atoms with Crippen LogP contribution in [0.2, 0.25) is 5.02 Å². The lowest BCUT2D eigenvalue weighted by Gasteiger charge is -2.15. The summed E-state index contributed by atoms with van der Waals surface area (Å²) in [5.74, 6) is -0.506.